The van der Waals surface area contributed by atoms with Crippen LogP contribution in [-0.4, -0.2) is 42.0 Å². The number of rotatable bonds is 7. The van der Waals surface area contributed by atoms with E-state index in [9.17, 15) is 4.79 Å². The van der Waals surface area contributed by atoms with Gasteiger partial charge in [-0.15, -0.1) is 13.2 Å². The summed E-state index contributed by atoms with van der Waals surface area (Å²) >= 11 is 0. The fraction of sp³-hybridized carbons (Fsp3) is 0.421. The Balaban J connectivity index is 2.20. The Hall–Kier alpha value is -2.07. The van der Waals surface area contributed by atoms with Crippen molar-refractivity contribution in [2.24, 2.45) is 0 Å². The van der Waals surface area contributed by atoms with Gasteiger partial charge in [-0.05, 0) is 39.0 Å². The molecule has 1 N–H and O–H groups in total. The Kier molecular flexibility index (Phi) is 5.26. The van der Waals surface area contributed by atoms with Gasteiger partial charge in [-0.1, -0.05) is 12.2 Å². The lowest BCUT2D eigenvalue weighted by atomic mass is 10.0. The van der Waals surface area contributed by atoms with Crippen LogP contribution in [0.3, 0.4) is 0 Å². The number of Topliss-reactive ketones (excluding diaryl/α,β-unsaturated/α-hetero) is 1. The lowest BCUT2D eigenvalue weighted by molar-refractivity contribution is 0.0865. The van der Waals surface area contributed by atoms with E-state index in [0.717, 1.165) is 11.4 Å². The third-order valence-electron chi connectivity index (χ3n) is 4.01. The molecule has 23 heavy (non-hydrogen) atoms. The van der Waals surface area contributed by atoms with E-state index in [0.29, 0.717) is 25.2 Å². The van der Waals surface area contributed by atoms with Crippen molar-refractivity contribution < 1.29 is 9.53 Å². The van der Waals surface area contributed by atoms with Crippen LogP contribution in [0.1, 0.15) is 31.1 Å². The number of nitrogens with one attached hydrogen (secondary N) is 1. The monoisotopic (exact) mass is 314 g/mol. The van der Waals surface area contributed by atoms with Gasteiger partial charge in [0.1, 0.15) is 11.4 Å². The second-order valence-electron chi connectivity index (χ2n) is 6.50. The molecule has 1 heterocycles. The summed E-state index contributed by atoms with van der Waals surface area (Å²) in [6.45, 7) is 15.5. The summed E-state index contributed by atoms with van der Waals surface area (Å²) in [4.78, 5) is 14.8. The summed E-state index contributed by atoms with van der Waals surface area (Å²) < 4.78 is 5.93. The molecule has 1 atom stereocenters. The van der Waals surface area contributed by atoms with Gasteiger partial charge in [-0.2, -0.15) is 0 Å². The molecule has 1 aliphatic rings. The molecular weight excluding hydrogens is 288 g/mol. The fourth-order valence-corrected chi connectivity index (χ4v) is 2.68. The zero-order valence-electron chi connectivity index (χ0n) is 14.3. The number of nitrogens with zero attached hydrogens (tertiary/aromatic N) is 1. The average molecular weight is 314 g/mol. The van der Waals surface area contributed by atoms with Gasteiger partial charge in [0.2, 0.25) is 0 Å². The Bertz CT molecular complexity index is 597. The van der Waals surface area contributed by atoms with Crippen LogP contribution in [0.5, 0.6) is 5.75 Å². The van der Waals surface area contributed by atoms with E-state index in [2.05, 4.69) is 18.5 Å². The SMILES string of the molecule is C=CCN(CC=C)C(C)C(=O)c1ccc2c(c1)NCC(C)(C)O2. The molecule has 0 aliphatic carbocycles. The average Bonchev–Trinajstić information content (AvgIpc) is 2.52. The molecule has 0 spiro atoms. The third-order valence-corrected chi connectivity index (χ3v) is 4.01. The molecule has 1 aromatic carbocycles. The van der Waals surface area contributed by atoms with Gasteiger partial charge in [0.25, 0.3) is 0 Å². The predicted molar refractivity (Wildman–Crippen MR) is 95.4 cm³/mol. The van der Waals surface area contributed by atoms with Crippen LogP contribution >= 0.6 is 0 Å². The molecule has 0 saturated carbocycles. The number of hydrogen-bond acceptors (Lipinski definition) is 4. The van der Waals surface area contributed by atoms with Crippen LogP contribution in [-0.2, 0) is 0 Å². The van der Waals surface area contributed by atoms with Gasteiger partial charge in [0.15, 0.2) is 5.78 Å². The Morgan fingerprint density at radius 3 is 2.65 bits per heavy atom. The summed E-state index contributed by atoms with van der Waals surface area (Å²) in [5.74, 6) is 0.877. The lowest BCUT2D eigenvalue weighted by Crippen LogP contribution is -2.40. The van der Waals surface area contributed by atoms with Crippen molar-refractivity contribution in [1.29, 1.82) is 0 Å². The van der Waals surface area contributed by atoms with Crippen LogP contribution in [0, 0.1) is 0 Å². The normalized spacial score (nSPS) is 16.7. The second kappa shape index (κ2) is 7.01. The number of fused-ring (bicyclic) bond motifs is 1. The van der Waals surface area contributed by atoms with E-state index in [-0.39, 0.29) is 17.4 Å². The quantitative estimate of drug-likeness (QED) is 0.618. The summed E-state index contributed by atoms with van der Waals surface area (Å²) in [5.41, 5.74) is 1.32. The third kappa shape index (κ3) is 4.02. The van der Waals surface area contributed by atoms with Crippen molar-refractivity contribution in [3.8, 4) is 5.75 Å². The first kappa shape index (κ1) is 17.3. The first-order valence-electron chi connectivity index (χ1n) is 7.95. The van der Waals surface area contributed by atoms with Crippen molar-refractivity contribution in [2.45, 2.75) is 32.4 Å². The number of carbonyl (C=O) groups excluding carboxylic acids is 1. The molecule has 0 bridgehead atoms. The van der Waals surface area contributed by atoms with Gasteiger partial charge >= 0.3 is 0 Å². The molecule has 0 aromatic heterocycles. The number of benzene rings is 1. The lowest BCUT2D eigenvalue weighted by Gasteiger charge is -2.33. The maximum atomic E-state index is 12.8. The Morgan fingerprint density at radius 1 is 1.39 bits per heavy atom. The van der Waals surface area contributed by atoms with Gasteiger partial charge in [-0.3, -0.25) is 9.69 Å². The Labute approximate surface area is 138 Å². The van der Waals surface area contributed by atoms with E-state index in [4.69, 9.17) is 4.74 Å². The van der Waals surface area contributed by atoms with Gasteiger partial charge in [0.05, 0.1) is 18.3 Å². The minimum Gasteiger partial charge on any atom is -0.484 e. The van der Waals surface area contributed by atoms with Crippen molar-refractivity contribution in [3.63, 3.8) is 0 Å². The van der Waals surface area contributed by atoms with Gasteiger partial charge < -0.3 is 10.1 Å². The predicted octanol–water partition coefficient (Wildman–Crippen LogP) is 3.51. The summed E-state index contributed by atoms with van der Waals surface area (Å²) in [6.07, 6.45) is 3.61. The minimum absolute atomic E-state index is 0.0862. The zero-order chi connectivity index (χ0) is 17.0. The fourth-order valence-electron chi connectivity index (χ4n) is 2.68. The summed E-state index contributed by atoms with van der Waals surface area (Å²) in [7, 11) is 0. The summed E-state index contributed by atoms with van der Waals surface area (Å²) in [5, 5.41) is 3.34. The van der Waals surface area contributed by atoms with Gasteiger partial charge in [0, 0.05) is 18.7 Å². The molecule has 4 heteroatoms. The molecule has 124 valence electrons. The smallest absolute Gasteiger partial charge is 0.179 e. The van der Waals surface area contributed by atoms with E-state index < -0.39 is 0 Å². The highest BCUT2D eigenvalue weighted by Crippen LogP contribution is 2.33. The van der Waals surface area contributed by atoms with Crippen LogP contribution in [0.4, 0.5) is 5.69 Å². The topological polar surface area (TPSA) is 41.6 Å². The highest BCUT2D eigenvalue weighted by atomic mass is 16.5. The van der Waals surface area contributed by atoms with Crippen LogP contribution in [0.25, 0.3) is 0 Å². The molecular formula is C19H26N2O2. The van der Waals surface area contributed by atoms with Crippen molar-refractivity contribution >= 4 is 11.5 Å². The number of hydrogen-bond donors (Lipinski definition) is 1. The standard InChI is InChI=1S/C19H26N2O2/c1-6-10-21(11-7-2)14(3)18(22)15-8-9-17-16(12-15)20-13-19(4,5)23-17/h6-9,12,14,20H,1-2,10-11,13H2,3-5H3. The molecule has 1 unspecified atom stereocenters. The minimum atomic E-state index is -0.240. The van der Waals surface area contributed by atoms with Crippen LogP contribution in [0.15, 0.2) is 43.5 Å². The maximum Gasteiger partial charge on any atom is 0.179 e. The molecule has 0 saturated heterocycles. The number of ether oxygens (including phenoxy) is 1. The van der Waals surface area contributed by atoms with E-state index in [1.54, 1.807) is 12.2 Å². The highest BCUT2D eigenvalue weighted by molar-refractivity contribution is 6.01. The van der Waals surface area contributed by atoms with Crippen LogP contribution in [0.2, 0.25) is 0 Å². The van der Waals surface area contributed by atoms with Crippen LogP contribution < -0.4 is 10.1 Å². The number of ketones is 1. The molecule has 0 fully saturated rings. The first-order chi connectivity index (χ1) is 10.9. The molecule has 0 radical (unpaired) electrons. The number of carbonyl (C=O) groups is 1. The van der Waals surface area contributed by atoms with Gasteiger partial charge in [-0.25, -0.2) is 0 Å². The van der Waals surface area contributed by atoms with Crippen molar-refractivity contribution in [3.05, 3.63) is 49.1 Å². The first-order valence-corrected chi connectivity index (χ1v) is 7.95. The highest BCUT2D eigenvalue weighted by Gasteiger charge is 2.28. The zero-order valence-corrected chi connectivity index (χ0v) is 14.3. The molecule has 1 aliphatic heterocycles. The summed E-state index contributed by atoms with van der Waals surface area (Å²) in [6, 6.07) is 5.35. The molecule has 1 aromatic rings. The van der Waals surface area contributed by atoms with Crippen molar-refractivity contribution in [2.75, 3.05) is 25.0 Å². The molecule has 0 amide bonds. The molecule has 4 nitrogen and oxygen atoms in total. The molecule has 2 rings (SSSR count). The maximum absolute atomic E-state index is 12.8. The van der Waals surface area contributed by atoms with E-state index in [1.807, 2.05) is 43.9 Å². The number of anilines is 1. The largest absolute Gasteiger partial charge is 0.484 e. The Morgan fingerprint density at radius 2 is 2.04 bits per heavy atom. The van der Waals surface area contributed by atoms with E-state index in [1.165, 1.54) is 0 Å². The van der Waals surface area contributed by atoms with E-state index >= 15 is 0 Å². The second-order valence-corrected chi connectivity index (χ2v) is 6.50. The van der Waals surface area contributed by atoms with Crippen molar-refractivity contribution in [1.82, 2.24) is 4.90 Å².